The van der Waals surface area contributed by atoms with Crippen LogP contribution in [0, 0.1) is 0 Å². The maximum Gasteiger partial charge on any atom is 0.165 e. The number of nitrogens with zero attached hydrogens (tertiary/aromatic N) is 1. The molecule has 1 aromatic rings. The molecule has 19 heavy (non-hydrogen) atoms. The van der Waals surface area contributed by atoms with Crippen molar-refractivity contribution in [1.29, 1.82) is 0 Å². The molecule has 0 amide bonds. The normalized spacial score (nSPS) is 23.9. The topological polar surface area (TPSA) is 41.9 Å². The first-order valence-electron chi connectivity index (χ1n) is 7.11. The molecule has 0 aromatic heterocycles. The van der Waals surface area contributed by atoms with E-state index in [1.165, 1.54) is 0 Å². The quantitative estimate of drug-likeness (QED) is 0.883. The first-order chi connectivity index (χ1) is 9.33. The molecule has 0 aliphatic carbocycles. The average Bonchev–Trinajstić information content (AvgIpc) is 2.65. The first-order valence-corrected chi connectivity index (χ1v) is 7.11. The van der Waals surface area contributed by atoms with E-state index in [-0.39, 0.29) is 6.10 Å². The van der Waals surface area contributed by atoms with Gasteiger partial charge in [0.05, 0.1) is 19.3 Å². The molecule has 1 N–H and O–H groups in total. The van der Waals surface area contributed by atoms with E-state index in [9.17, 15) is 5.11 Å². The Bertz CT molecular complexity index is 435. The molecule has 2 heterocycles. The Kier molecular flexibility index (Phi) is 3.89. The number of ether oxygens (including phenoxy) is 2. The zero-order valence-electron chi connectivity index (χ0n) is 11.2. The van der Waals surface area contributed by atoms with Crippen molar-refractivity contribution in [2.75, 3.05) is 26.3 Å². The van der Waals surface area contributed by atoms with Gasteiger partial charge in [0.2, 0.25) is 0 Å². The van der Waals surface area contributed by atoms with Crippen LogP contribution in [0.25, 0.3) is 0 Å². The summed E-state index contributed by atoms with van der Waals surface area (Å²) in [5.41, 5.74) is 1.16. The first kappa shape index (κ1) is 12.8. The number of hydrogen-bond donors (Lipinski definition) is 1. The molecule has 2 aliphatic heterocycles. The molecular formula is C15H21NO3. The van der Waals surface area contributed by atoms with Gasteiger partial charge in [0, 0.05) is 25.1 Å². The Morgan fingerprint density at radius 1 is 1.21 bits per heavy atom. The Morgan fingerprint density at radius 3 is 3.00 bits per heavy atom. The fraction of sp³-hybridized carbons (Fsp3) is 0.600. The lowest BCUT2D eigenvalue weighted by molar-refractivity contribution is 0.0663. The number of fused-ring (bicyclic) bond motifs is 1. The molecule has 4 nitrogen and oxygen atoms in total. The second-order valence-corrected chi connectivity index (χ2v) is 5.33. The molecule has 1 saturated heterocycles. The number of aliphatic hydroxyl groups is 1. The molecule has 0 saturated carbocycles. The number of rotatable bonds is 2. The third-order valence-corrected chi connectivity index (χ3v) is 3.73. The van der Waals surface area contributed by atoms with Crippen LogP contribution < -0.4 is 9.47 Å². The number of likely N-dealkylation sites (tertiary alicyclic amines) is 1. The summed E-state index contributed by atoms with van der Waals surface area (Å²) >= 11 is 0. The lowest BCUT2D eigenvalue weighted by Crippen LogP contribution is -2.37. The lowest BCUT2D eigenvalue weighted by Gasteiger charge is -2.30. The minimum atomic E-state index is -0.187. The third-order valence-electron chi connectivity index (χ3n) is 3.73. The van der Waals surface area contributed by atoms with Crippen molar-refractivity contribution in [3.8, 4) is 11.5 Å². The monoisotopic (exact) mass is 263 g/mol. The summed E-state index contributed by atoms with van der Waals surface area (Å²) in [7, 11) is 0. The van der Waals surface area contributed by atoms with Gasteiger partial charge in [0.15, 0.2) is 11.5 Å². The van der Waals surface area contributed by atoms with Crippen LogP contribution in [0.5, 0.6) is 11.5 Å². The molecule has 1 fully saturated rings. The van der Waals surface area contributed by atoms with Gasteiger partial charge in [-0.2, -0.15) is 0 Å². The van der Waals surface area contributed by atoms with Crippen LogP contribution in [-0.2, 0) is 6.54 Å². The predicted molar refractivity (Wildman–Crippen MR) is 72.6 cm³/mol. The van der Waals surface area contributed by atoms with Crippen LogP contribution in [-0.4, -0.2) is 42.4 Å². The van der Waals surface area contributed by atoms with E-state index in [2.05, 4.69) is 11.0 Å². The van der Waals surface area contributed by atoms with E-state index in [0.29, 0.717) is 6.61 Å². The lowest BCUT2D eigenvalue weighted by atomic mass is 10.1. The van der Waals surface area contributed by atoms with Gasteiger partial charge in [0.25, 0.3) is 0 Å². The number of para-hydroxylation sites is 1. The molecule has 1 aromatic carbocycles. The van der Waals surface area contributed by atoms with Crippen molar-refractivity contribution >= 4 is 0 Å². The summed E-state index contributed by atoms with van der Waals surface area (Å²) in [6.45, 7) is 4.06. The molecule has 0 spiro atoms. The molecule has 3 rings (SSSR count). The van der Waals surface area contributed by atoms with E-state index in [0.717, 1.165) is 62.6 Å². The number of piperidine rings is 1. The van der Waals surface area contributed by atoms with Crippen molar-refractivity contribution in [2.45, 2.75) is 31.9 Å². The SMILES string of the molecule is OC1CCCN(Cc2cccc3c2OCCCO3)C1. The summed E-state index contributed by atoms with van der Waals surface area (Å²) in [4.78, 5) is 2.29. The van der Waals surface area contributed by atoms with E-state index in [4.69, 9.17) is 9.47 Å². The Labute approximate surface area is 113 Å². The van der Waals surface area contributed by atoms with E-state index in [1.807, 2.05) is 12.1 Å². The summed E-state index contributed by atoms with van der Waals surface area (Å²) in [6, 6.07) is 6.08. The number of β-amino-alcohol motifs (C(OH)–C–C–N with tert-alkyl or cyclic N) is 1. The number of aliphatic hydroxyl groups excluding tert-OH is 1. The Balaban J connectivity index is 1.77. The summed E-state index contributed by atoms with van der Waals surface area (Å²) in [5, 5.41) is 9.74. The van der Waals surface area contributed by atoms with Crippen molar-refractivity contribution < 1.29 is 14.6 Å². The highest BCUT2D eigenvalue weighted by atomic mass is 16.5. The molecule has 1 atom stereocenters. The van der Waals surface area contributed by atoms with Gasteiger partial charge in [0.1, 0.15) is 0 Å². The fourth-order valence-electron chi connectivity index (χ4n) is 2.79. The highest BCUT2D eigenvalue weighted by Gasteiger charge is 2.21. The van der Waals surface area contributed by atoms with Gasteiger partial charge in [-0.25, -0.2) is 0 Å². The van der Waals surface area contributed by atoms with Crippen LogP contribution in [0.3, 0.4) is 0 Å². The minimum absolute atomic E-state index is 0.187. The Hall–Kier alpha value is -1.26. The maximum atomic E-state index is 9.74. The third kappa shape index (κ3) is 3.01. The number of hydrogen-bond acceptors (Lipinski definition) is 4. The Morgan fingerprint density at radius 2 is 2.11 bits per heavy atom. The van der Waals surface area contributed by atoms with Crippen molar-refractivity contribution in [2.24, 2.45) is 0 Å². The van der Waals surface area contributed by atoms with Gasteiger partial charge in [-0.05, 0) is 25.5 Å². The molecule has 2 aliphatic rings. The summed E-state index contributed by atoms with van der Waals surface area (Å²) in [6.07, 6.45) is 2.72. The smallest absolute Gasteiger partial charge is 0.165 e. The van der Waals surface area contributed by atoms with Gasteiger partial charge in [-0.15, -0.1) is 0 Å². The van der Waals surface area contributed by atoms with Gasteiger partial charge < -0.3 is 14.6 Å². The minimum Gasteiger partial charge on any atom is -0.490 e. The van der Waals surface area contributed by atoms with Crippen molar-refractivity contribution in [3.05, 3.63) is 23.8 Å². The zero-order valence-corrected chi connectivity index (χ0v) is 11.2. The van der Waals surface area contributed by atoms with E-state index in [1.54, 1.807) is 0 Å². The predicted octanol–water partition coefficient (Wildman–Crippen LogP) is 1.80. The maximum absolute atomic E-state index is 9.74. The molecule has 4 heteroatoms. The highest BCUT2D eigenvalue weighted by Crippen LogP contribution is 2.34. The standard InChI is InChI=1S/C15H21NO3/c17-13-5-2-7-16(11-13)10-12-4-1-6-14-15(12)19-9-3-8-18-14/h1,4,6,13,17H,2-3,5,7-11H2. The molecule has 0 radical (unpaired) electrons. The van der Waals surface area contributed by atoms with Gasteiger partial charge >= 0.3 is 0 Å². The van der Waals surface area contributed by atoms with Crippen molar-refractivity contribution in [3.63, 3.8) is 0 Å². The van der Waals surface area contributed by atoms with Crippen LogP contribution >= 0.6 is 0 Å². The second kappa shape index (κ2) is 5.80. The van der Waals surface area contributed by atoms with Crippen LogP contribution in [0.4, 0.5) is 0 Å². The largest absolute Gasteiger partial charge is 0.490 e. The van der Waals surface area contributed by atoms with E-state index < -0.39 is 0 Å². The highest BCUT2D eigenvalue weighted by molar-refractivity contribution is 5.47. The van der Waals surface area contributed by atoms with Crippen LogP contribution in [0.15, 0.2) is 18.2 Å². The molecular weight excluding hydrogens is 242 g/mol. The summed E-state index contributed by atoms with van der Waals surface area (Å²) in [5.74, 6) is 1.74. The second-order valence-electron chi connectivity index (χ2n) is 5.33. The van der Waals surface area contributed by atoms with Gasteiger partial charge in [-0.3, -0.25) is 4.90 Å². The van der Waals surface area contributed by atoms with Crippen molar-refractivity contribution in [1.82, 2.24) is 4.90 Å². The zero-order chi connectivity index (χ0) is 13.1. The van der Waals surface area contributed by atoms with Crippen LogP contribution in [0.2, 0.25) is 0 Å². The summed E-state index contributed by atoms with van der Waals surface area (Å²) < 4.78 is 11.5. The molecule has 0 bridgehead atoms. The van der Waals surface area contributed by atoms with Gasteiger partial charge in [-0.1, -0.05) is 12.1 Å². The number of benzene rings is 1. The van der Waals surface area contributed by atoms with E-state index >= 15 is 0 Å². The average molecular weight is 263 g/mol. The fourth-order valence-corrected chi connectivity index (χ4v) is 2.79. The van der Waals surface area contributed by atoms with Crippen LogP contribution in [0.1, 0.15) is 24.8 Å². The molecule has 1 unspecified atom stereocenters. The molecule has 104 valence electrons.